The Kier molecular flexibility index (Phi) is 8.35. The van der Waals surface area contributed by atoms with E-state index in [0.717, 1.165) is 41.6 Å². The summed E-state index contributed by atoms with van der Waals surface area (Å²) in [5.41, 5.74) is 4.10. The van der Waals surface area contributed by atoms with Crippen LogP contribution in [0.15, 0.2) is 65.6 Å². The summed E-state index contributed by atoms with van der Waals surface area (Å²) >= 11 is 0. The monoisotopic (exact) mass is 577 g/mol. The van der Waals surface area contributed by atoms with Gasteiger partial charge in [0.15, 0.2) is 0 Å². The van der Waals surface area contributed by atoms with Crippen LogP contribution < -0.4 is 19.1 Å². The number of ether oxygens (including phenoxy) is 2. The molecule has 1 atom stereocenters. The first-order valence-electron chi connectivity index (χ1n) is 14.1. The van der Waals surface area contributed by atoms with Gasteiger partial charge in [-0.1, -0.05) is 24.3 Å². The van der Waals surface area contributed by atoms with Gasteiger partial charge in [-0.2, -0.15) is 0 Å². The molecule has 3 aromatic rings. The maximum atomic E-state index is 14.1. The van der Waals surface area contributed by atoms with Gasteiger partial charge in [-0.25, -0.2) is 0 Å². The van der Waals surface area contributed by atoms with Crippen molar-refractivity contribution in [2.24, 2.45) is 0 Å². The van der Waals surface area contributed by atoms with Crippen molar-refractivity contribution in [3.8, 4) is 11.5 Å². The highest BCUT2D eigenvalue weighted by molar-refractivity contribution is 8.03. The average molecular weight is 578 g/mol. The van der Waals surface area contributed by atoms with Crippen LogP contribution in [-0.2, 0) is 14.9 Å². The fourth-order valence-corrected chi connectivity index (χ4v) is 7.43. The number of anilines is 2. The number of nitrogens with zero attached hydrogens (tertiary/aromatic N) is 2. The SMILES string of the molecule is COc1ccc(N2CCCCC2=O)cc1[SH](C)(=O)Nc1cccc(O[C@H]2CCN(C(=O)c3c(C)cccc3C)C2)c1. The third kappa shape index (κ3) is 6.25. The summed E-state index contributed by atoms with van der Waals surface area (Å²) < 4.78 is 29.1. The molecular weight excluding hydrogens is 538 g/mol. The molecule has 41 heavy (non-hydrogen) atoms. The van der Waals surface area contributed by atoms with E-state index >= 15 is 0 Å². The molecule has 218 valence electrons. The topological polar surface area (TPSA) is 88.2 Å². The number of aryl methyl sites for hydroxylation is 2. The maximum absolute atomic E-state index is 14.1. The molecule has 0 spiro atoms. The van der Waals surface area contributed by atoms with Crippen LogP contribution in [0.25, 0.3) is 0 Å². The van der Waals surface area contributed by atoms with Crippen LogP contribution in [0.4, 0.5) is 11.4 Å². The van der Waals surface area contributed by atoms with Crippen LogP contribution in [-0.4, -0.2) is 60.0 Å². The van der Waals surface area contributed by atoms with Gasteiger partial charge in [0.1, 0.15) is 17.6 Å². The molecule has 0 aliphatic carbocycles. The second kappa shape index (κ2) is 11.9. The van der Waals surface area contributed by atoms with Crippen molar-refractivity contribution >= 4 is 33.3 Å². The van der Waals surface area contributed by atoms with Gasteiger partial charge in [0.25, 0.3) is 5.91 Å². The first-order valence-corrected chi connectivity index (χ1v) is 16.3. The van der Waals surface area contributed by atoms with Crippen LogP contribution in [0, 0.1) is 13.8 Å². The van der Waals surface area contributed by atoms with E-state index in [0.29, 0.717) is 48.1 Å². The summed E-state index contributed by atoms with van der Waals surface area (Å²) in [6.07, 6.45) is 4.63. The first kappa shape index (κ1) is 28.7. The lowest BCUT2D eigenvalue weighted by Crippen LogP contribution is -2.35. The van der Waals surface area contributed by atoms with Gasteiger partial charge in [0.05, 0.1) is 18.6 Å². The molecule has 0 bridgehead atoms. The minimum absolute atomic E-state index is 0.0384. The highest BCUT2D eigenvalue weighted by atomic mass is 32.3. The quantitative estimate of drug-likeness (QED) is 0.362. The summed E-state index contributed by atoms with van der Waals surface area (Å²) in [6.45, 7) is 5.73. The second-order valence-corrected chi connectivity index (χ2v) is 13.5. The summed E-state index contributed by atoms with van der Waals surface area (Å²) in [6, 6.07) is 18.7. The Balaban J connectivity index is 1.29. The molecule has 3 aromatic carbocycles. The normalized spacial score (nSPS) is 17.9. The van der Waals surface area contributed by atoms with Crippen molar-refractivity contribution in [2.75, 3.05) is 42.6 Å². The smallest absolute Gasteiger partial charge is 0.254 e. The Hall–Kier alpha value is -3.85. The maximum Gasteiger partial charge on any atom is 0.254 e. The third-order valence-corrected chi connectivity index (χ3v) is 9.82. The van der Waals surface area contributed by atoms with Crippen LogP contribution in [0.3, 0.4) is 0 Å². The second-order valence-electron chi connectivity index (χ2n) is 11.0. The number of amides is 2. The molecule has 0 radical (unpaired) electrons. The molecule has 0 unspecified atom stereocenters. The molecule has 0 saturated carbocycles. The molecule has 2 aliphatic rings. The third-order valence-electron chi connectivity index (χ3n) is 7.86. The minimum atomic E-state index is -3.16. The Morgan fingerprint density at radius 3 is 2.49 bits per heavy atom. The van der Waals surface area contributed by atoms with E-state index < -0.39 is 10.1 Å². The fourth-order valence-electron chi connectivity index (χ4n) is 5.72. The summed E-state index contributed by atoms with van der Waals surface area (Å²) in [5.74, 6) is 1.26. The van der Waals surface area contributed by atoms with Gasteiger partial charge in [-0.3, -0.25) is 13.8 Å². The number of piperidine rings is 1. The first-order chi connectivity index (χ1) is 19.7. The molecule has 5 rings (SSSR count). The van der Waals surface area contributed by atoms with Gasteiger partial charge < -0.3 is 24.0 Å². The largest absolute Gasteiger partial charge is 0.495 e. The van der Waals surface area contributed by atoms with Gasteiger partial charge in [-0.15, -0.1) is 0 Å². The summed E-state index contributed by atoms with van der Waals surface area (Å²) in [7, 11) is -1.61. The van der Waals surface area contributed by atoms with Crippen molar-refractivity contribution in [1.82, 2.24) is 4.90 Å². The molecule has 2 aliphatic heterocycles. The average Bonchev–Trinajstić information content (AvgIpc) is 3.41. The number of nitrogens with one attached hydrogen (secondary N) is 1. The number of thiol groups is 1. The van der Waals surface area contributed by atoms with Crippen molar-refractivity contribution < 1.29 is 23.3 Å². The summed E-state index contributed by atoms with van der Waals surface area (Å²) in [5, 5.41) is 0. The lowest BCUT2D eigenvalue weighted by atomic mass is 10.0. The van der Waals surface area contributed by atoms with E-state index in [9.17, 15) is 13.8 Å². The van der Waals surface area contributed by atoms with Crippen molar-refractivity contribution in [3.05, 3.63) is 77.4 Å². The Morgan fingerprint density at radius 1 is 1.00 bits per heavy atom. The number of carbonyl (C=O) groups excluding carboxylic acids is 2. The van der Waals surface area contributed by atoms with Crippen molar-refractivity contribution in [2.45, 2.75) is 50.5 Å². The molecule has 0 aromatic heterocycles. The Morgan fingerprint density at radius 2 is 1.76 bits per heavy atom. The van der Waals surface area contributed by atoms with E-state index in [1.807, 2.05) is 67.3 Å². The van der Waals surface area contributed by atoms with Crippen LogP contribution >= 0.6 is 0 Å². The lowest BCUT2D eigenvalue weighted by molar-refractivity contribution is -0.119. The van der Waals surface area contributed by atoms with E-state index in [1.165, 1.54) is 0 Å². The Bertz CT molecular complexity index is 1490. The highest BCUT2D eigenvalue weighted by Crippen LogP contribution is 2.35. The zero-order chi connectivity index (χ0) is 29.1. The van der Waals surface area contributed by atoms with E-state index in [-0.39, 0.29) is 17.9 Å². The van der Waals surface area contributed by atoms with Crippen molar-refractivity contribution in [1.29, 1.82) is 0 Å². The highest BCUT2D eigenvalue weighted by Gasteiger charge is 2.30. The lowest BCUT2D eigenvalue weighted by Gasteiger charge is -2.30. The van der Waals surface area contributed by atoms with E-state index in [4.69, 9.17) is 9.47 Å². The van der Waals surface area contributed by atoms with Crippen LogP contribution in [0.1, 0.15) is 47.2 Å². The standard InChI is InChI=1S/C32H39N3O5S/c1-22-9-7-10-23(2)31(22)32(37)34-18-16-27(21-34)40-26-12-8-11-24(19-26)33-41(4,38)29-20-25(14-15-28(29)39-3)35-17-6-5-13-30(35)36/h7-12,14-15,19-20,27,41H,5-6,13,16-18,21H2,1-4H3,(H,33,38)/t27-/m0/s1. The van der Waals surface area contributed by atoms with Gasteiger partial charge in [0.2, 0.25) is 5.91 Å². The number of hydrogen-bond acceptors (Lipinski definition) is 5. The molecule has 2 saturated heterocycles. The molecular formula is C32H39N3O5S. The predicted octanol–water partition coefficient (Wildman–Crippen LogP) is 5.15. The molecule has 9 heteroatoms. The molecule has 2 fully saturated rings. The zero-order valence-corrected chi connectivity index (χ0v) is 25.1. The molecule has 2 heterocycles. The van der Waals surface area contributed by atoms with Crippen LogP contribution in [0.2, 0.25) is 0 Å². The van der Waals surface area contributed by atoms with Gasteiger partial charge in [-0.05, 0) is 78.3 Å². The number of likely N-dealkylation sites (tertiary alicyclic amines) is 1. The summed E-state index contributed by atoms with van der Waals surface area (Å²) in [4.78, 5) is 29.9. The number of methoxy groups -OCH3 is 1. The molecule has 2 amide bonds. The number of carbonyl (C=O) groups is 2. The van der Waals surface area contributed by atoms with E-state index in [1.54, 1.807) is 30.4 Å². The minimum Gasteiger partial charge on any atom is -0.495 e. The number of hydrogen-bond donors (Lipinski definition) is 2. The van der Waals surface area contributed by atoms with Gasteiger partial charge in [0, 0.05) is 55.2 Å². The zero-order valence-electron chi connectivity index (χ0n) is 24.2. The number of rotatable bonds is 8. The van der Waals surface area contributed by atoms with Crippen LogP contribution in [0.5, 0.6) is 11.5 Å². The van der Waals surface area contributed by atoms with Crippen molar-refractivity contribution in [3.63, 3.8) is 0 Å². The Labute approximate surface area is 243 Å². The number of benzene rings is 3. The van der Waals surface area contributed by atoms with E-state index in [2.05, 4.69) is 4.72 Å². The van der Waals surface area contributed by atoms with Gasteiger partial charge >= 0.3 is 0 Å². The molecule has 1 N–H and O–H groups in total. The predicted molar refractivity (Wildman–Crippen MR) is 164 cm³/mol. The fraction of sp³-hybridized carbons (Fsp3) is 0.375. The molecule has 8 nitrogen and oxygen atoms in total.